The largest absolute Gasteiger partial charge is 0.489 e. The molecule has 1 heterocycles. The number of aliphatic hydroxyl groups excluding tert-OH is 1. The Morgan fingerprint density at radius 3 is 2.59 bits per heavy atom. The van der Waals surface area contributed by atoms with Crippen LogP contribution in [-0.4, -0.2) is 49.4 Å². The van der Waals surface area contributed by atoms with Crippen molar-refractivity contribution < 1.29 is 27.2 Å². The van der Waals surface area contributed by atoms with Gasteiger partial charge in [0.25, 0.3) is 10.1 Å². The van der Waals surface area contributed by atoms with Gasteiger partial charge in [0.15, 0.2) is 5.13 Å². The number of benzene rings is 2. The molecule has 0 aliphatic rings. The van der Waals surface area contributed by atoms with Gasteiger partial charge in [0, 0.05) is 25.3 Å². The number of fused-ring (bicyclic) bond motifs is 1. The summed E-state index contributed by atoms with van der Waals surface area (Å²) in [7, 11) is -4.02. The fraction of sp³-hybridized carbons (Fsp3) is 0.286. The summed E-state index contributed by atoms with van der Waals surface area (Å²) in [6.07, 6.45) is 1.16. The highest BCUT2D eigenvalue weighted by Crippen LogP contribution is 2.29. The average Bonchev–Trinajstić information content (AvgIpc) is 3.17. The van der Waals surface area contributed by atoms with Crippen molar-refractivity contribution >= 4 is 36.8 Å². The Kier molecular flexibility index (Phi) is 10.0. The van der Waals surface area contributed by atoms with E-state index in [2.05, 4.69) is 10.3 Å². The van der Waals surface area contributed by atoms with Gasteiger partial charge in [0.2, 0.25) is 0 Å². The number of thiazole rings is 1. The van der Waals surface area contributed by atoms with Gasteiger partial charge in [-0.05, 0) is 43.7 Å². The van der Waals surface area contributed by atoms with Crippen molar-refractivity contribution in [3.05, 3.63) is 59.9 Å². The van der Waals surface area contributed by atoms with E-state index in [0.29, 0.717) is 30.6 Å². The van der Waals surface area contributed by atoms with Gasteiger partial charge in [-0.15, -0.1) is 0 Å². The molecule has 0 spiro atoms. The van der Waals surface area contributed by atoms with Crippen LogP contribution in [0.4, 0.5) is 9.52 Å². The lowest BCUT2D eigenvalue weighted by molar-refractivity contribution is 0.292. The second-order valence-corrected chi connectivity index (χ2v) is 9.15. The minimum atomic E-state index is -4.02. The summed E-state index contributed by atoms with van der Waals surface area (Å²) in [4.78, 5) is 4.37. The van der Waals surface area contributed by atoms with Crippen molar-refractivity contribution in [2.45, 2.75) is 18.2 Å². The number of nitrogens with one attached hydrogen (secondary N) is 1. The second kappa shape index (κ2) is 12.5. The number of aromatic nitrogens is 1. The van der Waals surface area contributed by atoms with Gasteiger partial charge < -0.3 is 20.9 Å². The van der Waals surface area contributed by atoms with Crippen LogP contribution in [-0.2, 0) is 10.1 Å². The number of halogens is 1. The van der Waals surface area contributed by atoms with Gasteiger partial charge in [-0.1, -0.05) is 29.0 Å². The van der Waals surface area contributed by atoms with Gasteiger partial charge >= 0.3 is 0 Å². The van der Waals surface area contributed by atoms with E-state index < -0.39 is 10.1 Å². The van der Waals surface area contributed by atoms with E-state index in [1.807, 2.05) is 19.1 Å². The summed E-state index contributed by atoms with van der Waals surface area (Å²) < 4.78 is 48.4. The molecule has 11 heteroatoms. The average molecular weight is 484 g/mol. The minimum Gasteiger partial charge on any atom is -0.489 e. The highest BCUT2D eigenvalue weighted by Gasteiger charge is 2.07. The Morgan fingerprint density at radius 1 is 1.28 bits per heavy atom. The van der Waals surface area contributed by atoms with Crippen LogP contribution in [0, 0.1) is 6.92 Å². The molecule has 5 N–H and O–H groups in total. The zero-order valence-electron chi connectivity index (χ0n) is 17.5. The lowest BCUT2D eigenvalue weighted by Crippen LogP contribution is -2.10. The number of ether oxygens (including phenoxy) is 1. The van der Waals surface area contributed by atoms with Crippen molar-refractivity contribution in [3.63, 3.8) is 0 Å². The van der Waals surface area contributed by atoms with Crippen molar-refractivity contribution in [2.24, 2.45) is 5.73 Å². The van der Waals surface area contributed by atoms with E-state index in [1.54, 1.807) is 18.2 Å². The monoisotopic (exact) mass is 483 g/mol. The predicted molar refractivity (Wildman–Crippen MR) is 125 cm³/mol. The second-order valence-electron chi connectivity index (χ2n) is 6.70. The highest BCUT2D eigenvalue weighted by atomic mass is 32.2. The van der Waals surface area contributed by atoms with Crippen LogP contribution in [0.3, 0.4) is 0 Å². The lowest BCUT2D eigenvalue weighted by Gasteiger charge is -2.06. The predicted octanol–water partition coefficient (Wildman–Crippen LogP) is 3.52. The number of rotatable bonds is 9. The molecule has 32 heavy (non-hydrogen) atoms. The molecule has 0 aliphatic heterocycles. The van der Waals surface area contributed by atoms with Crippen LogP contribution in [0.25, 0.3) is 10.2 Å². The molecule has 0 atom stereocenters. The summed E-state index contributed by atoms with van der Waals surface area (Å²) in [6, 6.07) is 11.5. The standard InChI is InChI=1S/C14H18FN3O2S.C7H8O3S/c15-7-10(8-16)9-20-11-2-3-12-13(6-11)21-14(18-12)17-4-1-5-19;1-6-2-4-7(5-3-6)11(8,9)10/h2-3,6-7,19H,1,4-5,8-9,16H2,(H,17,18);2-5H,1H3,(H,8,9,10). The normalized spacial score (nSPS) is 11.7. The molecular formula is C21H26FN3O5S2. The molecule has 0 amide bonds. The first-order chi connectivity index (χ1) is 15.3. The SMILES string of the molecule is Cc1ccc(S(=O)(=O)O)cc1.NCC(=CF)COc1ccc2nc(NCCCO)sc2c1. The molecule has 0 aliphatic carbocycles. The number of aliphatic hydroxyl groups is 1. The Labute approximate surface area is 190 Å². The zero-order valence-corrected chi connectivity index (χ0v) is 19.1. The zero-order chi connectivity index (χ0) is 23.6. The molecule has 2 aromatic carbocycles. The Morgan fingerprint density at radius 2 is 2.00 bits per heavy atom. The molecule has 0 fully saturated rings. The number of aryl methyl sites for hydroxylation is 1. The van der Waals surface area contributed by atoms with Gasteiger partial charge in [-0.25, -0.2) is 9.37 Å². The van der Waals surface area contributed by atoms with E-state index in [-0.39, 0.29) is 24.7 Å². The molecule has 0 unspecified atom stereocenters. The van der Waals surface area contributed by atoms with E-state index in [4.69, 9.17) is 20.1 Å². The maximum atomic E-state index is 12.4. The van der Waals surface area contributed by atoms with Crippen molar-refractivity contribution in [3.8, 4) is 5.75 Å². The van der Waals surface area contributed by atoms with Crippen molar-refractivity contribution in [1.29, 1.82) is 0 Å². The molecule has 1 aromatic heterocycles. The van der Waals surface area contributed by atoms with Crippen molar-refractivity contribution in [2.75, 3.05) is 31.6 Å². The number of nitrogens with two attached hydrogens (primary N) is 1. The summed E-state index contributed by atoms with van der Waals surface area (Å²) in [5.74, 6) is 0.654. The maximum absolute atomic E-state index is 12.4. The third-order valence-corrected chi connectivity index (χ3v) is 5.97. The number of hydrogen-bond donors (Lipinski definition) is 4. The topological polar surface area (TPSA) is 135 Å². The lowest BCUT2D eigenvalue weighted by atomic mass is 10.2. The molecule has 3 aromatic rings. The van der Waals surface area contributed by atoms with Gasteiger partial charge in [0.05, 0.1) is 21.4 Å². The first-order valence-electron chi connectivity index (χ1n) is 9.67. The fourth-order valence-corrected chi connectivity index (χ4v) is 3.77. The molecular weight excluding hydrogens is 457 g/mol. The van der Waals surface area contributed by atoms with Crippen LogP contribution >= 0.6 is 11.3 Å². The minimum absolute atomic E-state index is 0.0666. The van der Waals surface area contributed by atoms with E-state index in [9.17, 15) is 12.8 Å². The van der Waals surface area contributed by atoms with E-state index in [1.165, 1.54) is 23.5 Å². The molecule has 0 saturated carbocycles. The van der Waals surface area contributed by atoms with E-state index >= 15 is 0 Å². The smallest absolute Gasteiger partial charge is 0.294 e. The van der Waals surface area contributed by atoms with Crippen LogP contribution < -0.4 is 15.8 Å². The van der Waals surface area contributed by atoms with Crippen LogP contribution in [0.1, 0.15) is 12.0 Å². The Bertz CT molecular complexity index is 1130. The number of nitrogens with zero attached hydrogens (tertiary/aromatic N) is 1. The van der Waals surface area contributed by atoms with Gasteiger partial charge in [0.1, 0.15) is 12.4 Å². The summed E-state index contributed by atoms with van der Waals surface area (Å²) in [5, 5.41) is 12.7. The van der Waals surface area contributed by atoms with Crippen LogP contribution in [0.15, 0.2) is 59.3 Å². The Balaban J connectivity index is 0.000000278. The first-order valence-corrected chi connectivity index (χ1v) is 11.9. The van der Waals surface area contributed by atoms with Gasteiger partial charge in [-0.2, -0.15) is 8.42 Å². The maximum Gasteiger partial charge on any atom is 0.294 e. The molecule has 0 radical (unpaired) electrons. The molecule has 0 bridgehead atoms. The van der Waals surface area contributed by atoms with Gasteiger partial charge in [-0.3, -0.25) is 4.55 Å². The summed E-state index contributed by atoms with van der Waals surface area (Å²) in [6.45, 7) is 2.95. The summed E-state index contributed by atoms with van der Waals surface area (Å²) in [5.41, 5.74) is 7.62. The third kappa shape index (κ3) is 8.17. The molecule has 8 nitrogen and oxygen atoms in total. The fourth-order valence-electron chi connectivity index (χ4n) is 2.37. The van der Waals surface area contributed by atoms with Crippen LogP contribution in [0.2, 0.25) is 0 Å². The quantitative estimate of drug-likeness (QED) is 0.268. The molecule has 0 saturated heterocycles. The molecule has 3 rings (SSSR count). The first kappa shape index (κ1) is 25.7. The van der Waals surface area contributed by atoms with E-state index in [0.717, 1.165) is 20.9 Å². The van der Waals surface area contributed by atoms with Crippen molar-refractivity contribution in [1.82, 2.24) is 4.98 Å². The number of hydrogen-bond acceptors (Lipinski definition) is 8. The highest BCUT2D eigenvalue weighted by molar-refractivity contribution is 7.85. The third-order valence-electron chi connectivity index (χ3n) is 4.13. The summed E-state index contributed by atoms with van der Waals surface area (Å²) >= 11 is 1.51. The molecule has 174 valence electrons. The van der Waals surface area contributed by atoms with Crippen LogP contribution in [0.5, 0.6) is 5.75 Å². The Hall–Kier alpha value is -2.57. The number of anilines is 1.